The van der Waals surface area contributed by atoms with Gasteiger partial charge in [-0.1, -0.05) is 20.8 Å². The zero-order chi connectivity index (χ0) is 16.9. The molecule has 1 fully saturated rings. The summed E-state index contributed by atoms with van der Waals surface area (Å²) in [4.78, 5) is 17.7. The summed E-state index contributed by atoms with van der Waals surface area (Å²) < 4.78 is 0. The van der Waals surface area contributed by atoms with Crippen molar-refractivity contribution in [3.8, 4) is 0 Å². The smallest absolute Gasteiger partial charge is 0.310 e. The van der Waals surface area contributed by atoms with E-state index < -0.39 is 5.60 Å². The summed E-state index contributed by atoms with van der Waals surface area (Å²) in [6.45, 7) is 9.27. The van der Waals surface area contributed by atoms with Crippen molar-refractivity contribution in [1.29, 1.82) is 0 Å². The highest BCUT2D eigenvalue weighted by molar-refractivity contribution is 5.70. The van der Waals surface area contributed by atoms with Crippen LogP contribution in [0.2, 0.25) is 0 Å². The van der Waals surface area contributed by atoms with E-state index in [9.17, 15) is 15.2 Å². The summed E-state index contributed by atoms with van der Waals surface area (Å²) in [5.74, 6) is 0.453. The summed E-state index contributed by atoms with van der Waals surface area (Å²) in [5, 5.41) is 22.1. The standard InChI is InChI=1S/C17H25N3O3/c1-10-5-6-13-15(10)18-7-14(20(22)23)16(13)19-8-11(2)17(4,21)12(3)9-19/h7,10-12,21H,5-6,8-9H2,1-4H3/t10?,11-,12+,17?. The van der Waals surface area contributed by atoms with Gasteiger partial charge in [-0.2, -0.15) is 0 Å². The van der Waals surface area contributed by atoms with Gasteiger partial charge in [0.25, 0.3) is 0 Å². The normalized spacial score (nSPS) is 33.6. The van der Waals surface area contributed by atoms with E-state index in [1.54, 1.807) is 0 Å². The number of hydrogen-bond acceptors (Lipinski definition) is 5. The van der Waals surface area contributed by atoms with Gasteiger partial charge in [-0.05, 0) is 25.7 Å². The van der Waals surface area contributed by atoms with Crippen LogP contribution in [0.4, 0.5) is 11.4 Å². The molecule has 6 heteroatoms. The van der Waals surface area contributed by atoms with Gasteiger partial charge in [0, 0.05) is 36.2 Å². The molecule has 0 radical (unpaired) electrons. The first-order valence-corrected chi connectivity index (χ1v) is 8.37. The lowest BCUT2D eigenvalue weighted by Crippen LogP contribution is -2.55. The molecule has 6 nitrogen and oxygen atoms in total. The largest absolute Gasteiger partial charge is 0.389 e. The number of nitro groups is 1. The Kier molecular flexibility index (Phi) is 3.83. The number of piperidine rings is 1. The van der Waals surface area contributed by atoms with E-state index in [1.165, 1.54) is 6.20 Å². The third kappa shape index (κ3) is 2.49. The molecule has 0 amide bonds. The van der Waals surface area contributed by atoms with E-state index in [2.05, 4.69) is 16.8 Å². The van der Waals surface area contributed by atoms with Gasteiger partial charge in [-0.3, -0.25) is 15.1 Å². The van der Waals surface area contributed by atoms with Crippen LogP contribution in [0.5, 0.6) is 0 Å². The van der Waals surface area contributed by atoms with Gasteiger partial charge < -0.3 is 10.0 Å². The predicted molar refractivity (Wildman–Crippen MR) is 88.8 cm³/mol. The minimum absolute atomic E-state index is 0.0495. The lowest BCUT2D eigenvalue weighted by atomic mass is 9.76. The van der Waals surface area contributed by atoms with Crippen molar-refractivity contribution >= 4 is 11.4 Å². The maximum atomic E-state index is 11.5. The summed E-state index contributed by atoms with van der Waals surface area (Å²) in [6.07, 6.45) is 3.25. The third-order valence-corrected chi connectivity index (χ3v) is 5.95. The lowest BCUT2D eigenvalue weighted by Gasteiger charge is -2.46. The molecule has 1 saturated heterocycles. The van der Waals surface area contributed by atoms with Crippen LogP contribution in [-0.2, 0) is 6.42 Å². The van der Waals surface area contributed by atoms with E-state index in [1.807, 2.05) is 20.8 Å². The van der Waals surface area contributed by atoms with Crippen molar-refractivity contribution in [3.05, 3.63) is 27.6 Å². The Morgan fingerprint density at radius 1 is 1.35 bits per heavy atom. The van der Waals surface area contributed by atoms with Crippen LogP contribution in [0.25, 0.3) is 0 Å². The second-order valence-corrected chi connectivity index (χ2v) is 7.49. The highest BCUT2D eigenvalue weighted by atomic mass is 16.6. The Morgan fingerprint density at radius 2 is 1.96 bits per heavy atom. The number of anilines is 1. The fourth-order valence-corrected chi connectivity index (χ4v) is 3.97. The zero-order valence-electron chi connectivity index (χ0n) is 14.2. The Balaban J connectivity index is 2.07. The molecule has 2 unspecified atom stereocenters. The fraction of sp³-hybridized carbons (Fsp3) is 0.706. The van der Waals surface area contributed by atoms with Crippen molar-refractivity contribution in [2.75, 3.05) is 18.0 Å². The molecule has 1 aromatic rings. The molecule has 2 aliphatic rings. The molecule has 0 aromatic carbocycles. The van der Waals surface area contributed by atoms with Crippen LogP contribution in [-0.4, -0.2) is 33.7 Å². The van der Waals surface area contributed by atoms with Crippen molar-refractivity contribution in [1.82, 2.24) is 4.98 Å². The van der Waals surface area contributed by atoms with Gasteiger partial charge in [0.05, 0.1) is 10.5 Å². The SMILES string of the molecule is CC1CCc2c1ncc([N+](=O)[O-])c2N1C[C@@H](C)C(C)(O)[C@@H](C)C1. The van der Waals surface area contributed by atoms with Gasteiger partial charge >= 0.3 is 5.69 Å². The van der Waals surface area contributed by atoms with Crippen molar-refractivity contribution in [3.63, 3.8) is 0 Å². The lowest BCUT2D eigenvalue weighted by molar-refractivity contribution is -0.384. The second-order valence-electron chi connectivity index (χ2n) is 7.49. The minimum atomic E-state index is -0.741. The van der Waals surface area contributed by atoms with Gasteiger partial charge in [0.15, 0.2) is 0 Å². The van der Waals surface area contributed by atoms with E-state index >= 15 is 0 Å². The molecule has 3 rings (SSSR count). The maximum Gasteiger partial charge on any atom is 0.310 e. The molecule has 0 saturated carbocycles. The van der Waals surface area contributed by atoms with Crippen molar-refractivity contribution in [2.24, 2.45) is 11.8 Å². The molecule has 1 aromatic heterocycles. The first kappa shape index (κ1) is 16.2. The number of aliphatic hydroxyl groups is 1. The van der Waals surface area contributed by atoms with E-state index in [-0.39, 0.29) is 22.4 Å². The topological polar surface area (TPSA) is 79.5 Å². The number of hydrogen-bond donors (Lipinski definition) is 1. The van der Waals surface area contributed by atoms with Crippen molar-refractivity contribution in [2.45, 2.75) is 52.1 Å². The third-order valence-electron chi connectivity index (χ3n) is 5.95. The highest BCUT2D eigenvalue weighted by Crippen LogP contribution is 2.44. The number of rotatable bonds is 2. The Bertz CT molecular complexity index is 630. The Labute approximate surface area is 136 Å². The minimum Gasteiger partial charge on any atom is -0.389 e. The van der Waals surface area contributed by atoms with Gasteiger partial charge in [-0.25, -0.2) is 0 Å². The predicted octanol–water partition coefficient (Wildman–Crippen LogP) is 2.88. The Hall–Kier alpha value is -1.69. The first-order chi connectivity index (χ1) is 10.7. The van der Waals surface area contributed by atoms with Crippen LogP contribution in [0.3, 0.4) is 0 Å². The quantitative estimate of drug-likeness (QED) is 0.670. The van der Waals surface area contributed by atoms with Crippen LogP contribution in [0.1, 0.15) is 51.3 Å². The van der Waals surface area contributed by atoms with Gasteiger partial charge in [0.2, 0.25) is 0 Å². The first-order valence-electron chi connectivity index (χ1n) is 8.37. The molecule has 4 atom stereocenters. The van der Waals surface area contributed by atoms with Crippen LogP contribution in [0, 0.1) is 22.0 Å². The van der Waals surface area contributed by atoms with E-state index in [4.69, 9.17) is 0 Å². The van der Waals surface area contributed by atoms with Crippen LogP contribution >= 0.6 is 0 Å². The summed E-state index contributed by atoms with van der Waals surface area (Å²) in [5.41, 5.74) is 2.13. The summed E-state index contributed by atoms with van der Waals surface area (Å²) >= 11 is 0. The summed E-state index contributed by atoms with van der Waals surface area (Å²) in [7, 11) is 0. The average molecular weight is 319 g/mol. The molecular weight excluding hydrogens is 294 g/mol. The number of fused-ring (bicyclic) bond motifs is 1. The molecule has 0 bridgehead atoms. The van der Waals surface area contributed by atoms with Gasteiger partial charge in [-0.15, -0.1) is 0 Å². The van der Waals surface area contributed by atoms with Crippen LogP contribution < -0.4 is 4.90 Å². The zero-order valence-corrected chi connectivity index (χ0v) is 14.2. The molecule has 23 heavy (non-hydrogen) atoms. The molecule has 1 aliphatic carbocycles. The van der Waals surface area contributed by atoms with Crippen LogP contribution in [0.15, 0.2) is 6.20 Å². The second kappa shape index (κ2) is 5.44. The maximum absolute atomic E-state index is 11.5. The number of nitrogens with zero attached hydrogens (tertiary/aromatic N) is 3. The summed E-state index contributed by atoms with van der Waals surface area (Å²) in [6, 6.07) is 0. The van der Waals surface area contributed by atoms with Crippen molar-refractivity contribution < 1.29 is 10.0 Å². The van der Waals surface area contributed by atoms with E-state index in [0.717, 1.165) is 29.8 Å². The molecule has 1 aliphatic heterocycles. The highest BCUT2D eigenvalue weighted by Gasteiger charge is 2.43. The number of aromatic nitrogens is 1. The monoisotopic (exact) mass is 319 g/mol. The number of pyridine rings is 1. The Morgan fingerprint density at radius 3 is 2.52 bits per heavy atom. The molecule has 1 N–H and O–H groups in total. The van der Waals surface area contributed by atoms with E-state index in [0.29, 0.717) is 19.0 Å². The molecule has 126 valence electrons. The molecular formula is C17H25N3O3. The average Bonchev–Trinajstić information content (AvgIpc) is 2.85. The van der Waals surface area contributed by atoms with Gasteiger partial charge in [0.1, 0.15) is 11.9 Å². The molecule has 0 spiro atoms. The fourth-order valence-electron chi connectivity index (χ4n) is 3.97. The molecule has 2 heterocycles.